The summed E-state index contributed by atoms with van der Waals surface area (Å²) in [5, 5.41) is 32.7. The number of aromatic nitrogens is 4. The molecule has 0 saturated heterocycles. The predicted octanol–water partition coefficient (Wildman–Crippen LogP) is 2.75. The minimum Gasteiger partial charge on any atom is -0.479 e. The minimum absolute atomic E-state index is 0.252. The van der Waals surface area contributed by atoms with Crippen LogP contribution in [-0.4, -0.2) is 36.4 Å². The summed E-state index contributed by atoms with van der Waals surface area (Å²) in [6.07, 6.45) is -1.64. The van der Waals surface area contributed by atoms with Crippen LogP contribution in [0.4, 0.5) is 0 Å². The molecule has 0 amide bonds. The van der Waals surface area contributed by atoms with Gasteiger partial charge in [0, 0.05) is 16.3 Å². The maximum Gasteiger partial charge on any atom is 0.337 e. The van der Waals surface area contributed by atoms with Crippen molar-refractivity contribution in [2.24, 2.45) is 0 Å². The van der Waals surface area contributed by atoms with Crippen molar-refractivity contribution in [3.8, 4) is 5.69 Å². The fraction of sp³-hybridized carbons (Fsp3) is 0.0588. The van der Waals surface area contributed by atoms with E-state index in [4.69, 9.17) is 12.2 Å². The average Bonchev–Trinajstić information content (AvgIpc) is 3.04. The van der Waals surface area contributed by atoms with Crippen molar-refractivity contribution in [1.82, 2.24) is 20.2 Å². The first-order chi connectivity index (χ1) is 12.1. The summed E-state index contributed by atoms with van der Waals surface area (Å²) in [7, 11) is 0. The summed E-state index contributed by atoms with van der Waals surface area (Å²) in [5.41, 5.74) is 1.06. The monoisotopic (exact) mass is 352 g/mol. The number of nitrogens with zero attached hydrogens (tertiary/aromatic N) is 3. The van der Waals surface area contributed by atoms with Crippen molar-refractivity contribution in [3.63, 3.8) is 0 Å². The number of tetrazole rings is 1. The van der Waals surface area contributed by atoms with Gasteiger partial charge in [0.2, 0.25) is 4.77 Å². The van der Waals surface area contributed by atoms with Crippen LogP contribution >= 0.6 is 12.2 Å². The molecule has 0 bridgehead atoms. The summed E-state index contributed by atoms with van der Waals surface area (Å²) in [6.45, 7) is 0. The van der Waals surface area contributed by atoms with Crippen LogP contribution < -0.4 is 0 Å². The SMILES string of the molecule is O=C(O)C(O)c1c2ccccc2c(-n2[nH]nnc2=S)c2ccccc12. The minimum atomic E-state index is -1.64. The lowest BCUT2D eigenvalue weighted by molar-refractivity contribution is -0.146. The van der Waals surface area contributed by atoms with Crippen molar-refractivity contribution in [1.29, 1.82) is 0 Å². The highest BCUT2D eigenvalue weighted by Gasteiger charge is 2.24. The third-order valence-electron chi connectivity index (χ3n) is 4.15. The molecule has 0 radical (unpaired) electrons. The van der Waals surface area contributed by atoms with E-state index >= 15 is 0 Å². The highest BCUT2D eigenvalue weighted by atomic mass is 32.1. The van der Waals surface area contributed by atoms with Crippen molar-refractivity contribution in [2.75, 3.05) is 0 Å². The normalized spacial score (nSPS) is 12.5. The Hall–Kier alpha value is -3.10. The van der Waals surface area contributed by atoms with Crippen LogP contribution in [0.25, 0.3) is 27.2 Å². The van der Waals surface area contributed by atoms with Gasteiger partial charge in [-0.1, -0.05) is 58.8 Å². The highest BCUT2D eigenvalue weighted by molar-refractivity contribution is 7.71. The topological polar surface area (TPSA) is 104 Å². The number of fused-ring (bicyclic) bond motifs is 2. The molecule has 8 heteroatoms. The van der Waals surface area contributed by atoms with Crippen LogP contribution in [0, 0.1) is 4.77 Å². The number of rotatable bonds is 3. The molecular formula is C17H12N4O3S. The predicted molar refractivity (Wildman–Crippen MR) is 94.2 cm³/mol. The molecule has 4 aromatic rings. The fourth-order valence-electron chi connectivity index (χ4n) is 3.14. The number of hydrogen-bond acceptors (Lipinski definition) is 5. The Morgan fingerprint density at radius 3 is 2.00 bits per heavy atom. The number of hydrogen-bond donors (Lipinski definition) is 3. The van der Waals surface area contributed by atoms with Crippen LogP contribution in [-0.2, 0) is 4.79 Å². The van der Waals surface area contributed by atoms with Crippen molar-refractivity contribution in [3.05, 3.63) is 58.9 Å². The van der Waals surface area contributed by atoms with E-state index in [0.29, 0.717) is 22.0 Å². The number of aliphatic carboxylic acids is 1. The second-order valence-electron chi connectivity index (χ2n) is 5.51. The molecule has 1 atom stereocenters. The number of H-pyrrole nitrogens is 1. The molecule has 3 aromatic carbocycles. The van der Waals surface area contributed by atoms with Gasteiger partial charge in [-0.05, 0) is 23.0 Å². The molecule has 4 rings (SSSR count). The first-order valence-electron chi connectivity index (χ1n) is 7.44. The third-order valence-corrected chi connectivity index (χ3v) is 4.41. The number of aliphatic hydroxyl groups excluding tert-OH is 1. The number of carboxylic acid groups (broad SMARTS) is 1. The first kappa shape index (κ1) is 15.4. The molecule has 7 nitrogen and oxygen atoms in total. The van der Waals surface area contributed by atoms with Gasteiger partial charge in [-0.2, -0.15) is 5.21 Å². The van der Waals surface area contributed by atoms with Gasteiger partial charge >= 0.3 is 5.97 Å². The number of carbonyl (C=O) groups is 1. The average molecular weight is 352 g/mol. The third kappa shape index (κ3) is 2.31. The zero-order chi connectivity index (χ0) is 17.6. The number of aliphatic hydroxyl groups is 1. The van der Waals surface area contributed by atoms with Gasteiger partial charge in [0.1, 0.15) is 0 Å². The molecule has 0 fully saturated rings. The molecule has 0 saturated carbocycles. The van der Waals surface area contributed by atoms with Crippen molar-refractivity contribution >= 4 is 39.7 Å². The Kier molecular flexibility index (Phi) is 3.56. The van der Waals surface area contributed by atoms with Gasteiger partial charge < -0.3 is 10.2 Å². The van der Waals surface area contributed by atoms with Gasteiger partial charge in [0.05, 0.1) is 5.69 Å². The Morgan fingerprint density at radius 2 is 1.56 bits per heavy atom. The van der Waals surface area contributed by atoms with Crippen LogP contribution in [0.1, 0.15) is 11.7 Å². The molecule has 1 unspecified atom stereocenters. The number of benzene rings is 3. The standard InChI is InChI=1S/C17H12N4O3S/c22-15(16(23)24)13-9-5-1-3-7-11(9)14(21-17(25)18-19-20-21)12-8-4-2-6-10(12)13/h1-8,15,22H,(H,23,24)(H,18,20,25). The summed E-state index contributed by atoms with van der Waals surface area (Å²) >= 11 is 5.23. The van der Waals surface area contributed by atoms with E-state index in [0.717, 1.165) is 10.8 Å². The second kappa shape index (κ2) is 5.76. The van der Waals surface area contributed by atoms with Crippen LogP contribution in [0.2, 0.25) is 0 Å². The lowest BCUT2D eigenvalue weighted by Gasteiger charge is -2.18. The Bertz CT molecular complexity index is 1120. The van der Waals surface area contributed by atoms with Gasteiger partial charge in [-0.15, -0.1) is 0 Å². The zero-order valence-corrected chi connectivity index (χ0v) is 13.6. The molecule has 1 heterocycles. The molecule has 124 valence electrons. The molecule has 0 aliphatic carbocycles. The van der Waals surface area contributed by atoms with Crippen molar-refractivity contribution in [2.45, 2.75) is 6.10 Å². The fourth-order valence-corrected chi connectivity index (χ4v) is 3.31. The number of aromatic amines is 1. The van der Waals surface area contributed by atoms with E-state index in [1.807, 2.05) is 24.3 Å². The van der Waals surface area contributed by atoms with Gasteiger partial charge in [0.25, 0.3) is 0 Å². The van der Waals surface area contributed by atoms with Gasteiger partial charge in [0.15, 0.2) is 6.10 Å². The molecule has 0 aliphatic heterocycles. The molecule has 3 N–H and O–H groups in total. The first-order valence-corrected chi connectivity index (χ1v) is 7.85. The maximum atomic E-state index is 11.5. The molecule has 1 aromatic heterocycles. The number of carboxylic acids is 1. The lowest BCUT2D eigenvalue weighted by atomic mass is 9.92. The van der Waals surface area contributed by atoms with Gasteiger partial charge in [-0.25, -0.2) is 9.48 Å². The molecular weight excluding hydrogens is 340 g/mol. The van der Waals surface area contributed by atoms with Gasteiger partial charge in [-0.3, -0.25) is 0 Å². The Balaban J connectivity index is 2.28. The molecule has 0 aliphatic rings. The summed E-state index contributed by atoms with van der Waals surface area (Å²) in [6, 6.07) is 14.5. The Morgan fingerprint density at radius 1 is 1.04 bits per heavy atom. The number of nitrogens with one attached hydrogen (secondary N) is 1. The van der Waals surface area contributed by atoms with E-state index in [1.165, 1.54) is 0 Å². The van der Waals surface area contributed by atoms with E-state index in [9.17, 15) is 15.0 Å². The summed E-state index contributed by atoms with van der Waals surface area (Å²) in [4.78, 5) is 11.5. The van der Waals surface area contributed by atoms with Crippen molar-refractivity contribution < 1.29 is 15.0 Å². The quantitative estimate of drug-likeness (QED) is 0.387. The largest absolute Gasteiger partial charge is 0.479 e. The maximum absolute atomic E-state index is 11.5. The Labute approximate surface area is 146 Å². The van der Waals surface area contributed by atoms with Crippen LogP contribution in [0.3, 0.4) is 0 Å². The van der Waals surface area contributed by atoms with Crippen LogP contribution in [0.5, 0.6) is 0 Å². The molecule has 25 heavy (non-hydrogen) atoms. The van der Waals surface area contributed by atoms with E-state index in [2.05, 4.69) is 15.5 Å². The van der Waals surface area contributed by atoms with E-state index < -0.39 is 12.1 Å². The van der Waals surface area contributed by atoms with E-state index in [1.54, 1.807) is 28.9 Å². The second-order valence-corrected chi connectivity index (χ2v) is 5.88. The summed E-state index contributed by atoms with van der Waals surface area (Å²) < 4.78 is 1.82. The molecule has 0 spiro atoms. The lowest BCUT2D eigenvalue weighted by Crippen LogP contribution is -2.12. The smallest absolute Gasteiger partial charge is 0.337 e. The zero-order valence-electron chi connectivity index (χ0n) is 12.7. The highest BCUT2D eigenvalue weighted by Crippen LogP contribution is 2.38. The summed E-state index contributed by atoms with van der Waals surface area (Å²) in [5.74, 6) is -1.30. The van der Waals surface area contributed by atoms with Crippen LogP contribution in [0.15, 0.2) is 48.5 Å². The van der Waals surface area contributed by atoms with E-state index in [-0.39, 0.29) is 4.77 Å².